The van der Waals surface area contributed by atoms with Crippen LogP contribution in [0.25, 0.3) is 5.70 Å². The average molecular weight is 153 g/mol. The van der Waals surface area contributed by atoms with Crippen molar-refractivity contribution in [3.8, 4) is 0 Å². The highest BCUT2D eigenvalue weighted by Crippen LogP contribution is 2.19. The molecular formula is C8H11NS. The van der Waals surface area contributed by atoms with Gasteiger partial charge in [-0.25, -0.2) is 0 Å². The van der Waals surface area contributed by atoms with Crippen LogP contribution >= 0.6 is 11.3 Å². The number of rotatable bonds is 1. The molecule has 1 aromatic rings. The van der Waals surface area contributed by atoms with Gasteiger partial charge in [0, 0.05) is 16.1 Å². The topological polar surface area (TPSA) is 26.0 Å². The molecule has 0 fully saturated rings. The largest absolute Gasteiger partial charge is 0.398 e. The Bertz CT molecular complexity index is 248. The summed E-state index contributed by atoms with van der Waals surface area (Å²) in [6.45, 7) is 4.03. The Labute approximate surface area is 65.2 Å². The van der Waals surface area contributed by atoms with E-state index in [2.05, 4.69) is 18.4 Å². The maximum Gasteiger partial charge on any atom is 0.0355 e. The summed E-state index contributed by atoms with van der Waals surface area (Å²) in [6.07, 6.45) is 1.93. The molecule has 2 N–H and O–H groups in total. The van der Waals surface area contributed by atoms with Crippen LogP contribution in [0.15, 0.2) is 17.5 Å². The Morgan fingerprint density at radius 2 is 2.40 bits per heavy atom. The van der Waals surface area contributed by atoms with Crippen molar-refractivity contribution in [2.75, 3.05) is 0 Å². The van der Waals surface area contributed by atoms with Crippen molar-refractivity contribution < 1.29 is 0 Å². The molecule has 0 saturated heterocycles. The van der Waals surface area contributed by atoms with Crippen LogP contribution in [0.4, 0.5) is 0 Å². The van der Waals surface area contributed by atoms with Gasteiger partial charge in [-0.2, -0.15) is 0 Å². The smallest absolute Gasteiger partial charge is 0.0355 e. The Morgan fingerprint density at radius 3 is 2.80 bits per heavy atom. The number of hydrogen-bond acceptors (Lipinski definition) is 2. The number of allylic oxidation sites excluding steroid dienone is 1. The highest BCUT2D eigenvalue weighted by Gasteiger charge is 1.99. The van der Waals surface area contributed by atoms with E-state index in [0.29, 0.717) is 0 Å². The molecule has 0 aliphatic carbocycles. The first-order chi connectivity index (χ1) is 4.75. The van der Waals surface area contributed by atoms with Crippen LogP contribution in [0, 0.1) is 6.92 Å². The molecule has 0 aliphatic heterocycles. The van der Waals surface area contributed by atoms with Crippen LogP contribution in [0.1, 0.15) is 17.4 Å². The summed E-state index contributed by atoms with van der Waals surface area (Å²) in [5.41, 5.74) is 7.75. The molecule has 0 radical (unpaired) electrons. The first-order valence-corrected chi connectivity index (χ1v) is 4.10. The molecule has 0 unspecified atom stereocenters. The molecule has 54 valence electrons. The molecule has 1 rings (SSSR count). The van der Waals surface area contributed by atoms with E-state index in [9.17, 15) is 0 Å². The van der Waals surface area contributed by atoms with Crippen LogP contribution in [-0.2, 0) is 0 Å². The van der Waals surface area contributed by atoms with Gasteiger partial charge in [0.25, 0.3) is 0 Å². The maximum atomic E-state index is 5.71. The minimum Gasteiger partial charge on any atom is -0.398 e. The van der Waals surface area contributed by atoms with Gasteiger partial charge < -0.3 is 5.73 Å². The van der Waals surface area contributed by atoms with Gasteiger partial charge in [0.2, 0.25) is 0 Å². The number of hydrogen-bond donors (Lipinski definition) is 1. The fourth-order valence-electron chi connectivity index (χ4n) is 0.840. The zero-order chi connectivity index (χ0) is 7.56. The van der Waals surface area contributed by atoms with Gasteiger partial charge in [-0.05, 0) is 25.3 Å². The first kappa shape index (κ1) is 7.35. The van der Waals surface area contributed by atoms with Gasteiger partial charge >= 0.3 is 0 Å². The number of aryl methyl sites for hydroxylation is 1. The molecule has 0 amide bonds. The lowest BCUT2D eigenvalue weighted by Crippen LogP contribution is -1.94. The highest BCUT2D eigenvalue weighted by molar-refractivity contribution is 7.10. The molecule has 2 heteroatoms. The van der Waals surface area contributed by atoms with Crippen molar-refractivity contribution >= 4 is 17.0 Å². The van der Waals surface area contributed by atoms with Gasteiger partial charge in [0.15, 0.2) is 0 Å². The summed E-state index contributed by atoms with van der Waals surface area (Å²) in [7, 11) is 0. The highest BCUT2D eigenvalue weighted by atomic mass is 32.1. The van der Waals surface area contributed by atoms with Gasteiger partial charge in [-0.15, -0.1) is 11.3 Å². The molecule has 0 aliphatic rings. The predicted octanol–water partition coefficient (Wildman–Crippen LogP) is 2.38. The van der Waals surface area contributed by atoms with Crippen LogP contribution in [0.2, 0.25) is 0 Å². The standard InChI is InChI=1S/C8H11NS/c1-3-8(9)7-4-5-10-6(7)2/h3-5H,9H2,1-2H3/b8-3+. The summed E-state index contributed by atoms with van der Waals surface area (Å²) in [4.78, 5) is 1.29. The summed E-state index contributed by atoms with van der Waals surface area (Å²) in [6, 6.07) is 2.05. The minimum absolute atomic E-state index is 0.874. The van der Waals surface area contributed by atoms with E-state index in [1.807, 2.05) is 13.0 Å². The van der Waals surface area contributed by atoms with Crippen molar-refractivity contribution in [1.29, 1.82) is 0 Å². The van der Waals surface area contributed by atoms with Gasteiger partial charge in [-0.3, -0.25) is 0 Å². The van der Waals surface area contributed by atoms with E-state index in [-0.39, 0.29) is 0 Å². The Kier molecular flexibility index (Phi) is 2.12. The molecule has 1 aromatic heterocycles. The summed E-state index contributed by atoms with van der Waals surface area (Å²) in [5.74, 6) is 0. The summed E-state index contributed by atoms with van der Waals surface area (Å²) < 4.78 is 0. The molecular weight excluding hydrogens is 142 g/mol. The third-order valence-corrected chi connectivity index (χ3v) is 2.33. The van der Waals surface area contributed by atoms with E-state index < -0.39 is 0 Å². The monoisotopic (exact) mass is 153 g/mol. The summed E-state index contributed by atoms with van der Waals surface area (Å²) >= 11 is 1.73. The summed E-state index contributed by atoms with van der Waals surface area (Å²) in [5, 5.41) is 2.06. The SMILES string of the molecule is C/C=C(/N)c1ccsc1C. The second kappa shape index (κ2) is 2.88. The molecule has 10 heavy (non-hydrogen) atoms. The molecule has 0 spiro atoms. The van der Waals surface area contributed by atoms with Gasteiger partial charge in [0.05, 0.1) is 0 Å². The molecule has 0 aromatic carbocycles. The van der Waals surface area contributed by atoms with E-state index in [1.165, 1.54) is 10.4 Å². The fourth-order valence-corrected chi connectivity index (χ4v) is 1.56. The van der Waals surface area contributed by atoms with Crippen LogP contribution < -0.4 is 5.73 Å². The van der Waals surface area contributed by atoms with Crippen molar-refractivity contribution in [1.82, 2.24) is 0 Å². The third-order valence-electron chi connectivity index (χ3n) is 1.48. The Balaban J connectivity index is 3.05. The Hall–Kier alpha value is -0.760. The van der Waals surface area contributed by atoms with Crippen molar-refractivity contribution in [2.45, 2.75) is 13.8 Å². The quantitative estimate of drug-likeness (QED) is 0.658. The normalized spacial score (nSPS) is 12.0. The zero-order valence-corrected chi connectivity index (χ0v) is 7.03. The molecule has 1 nitrogen and oxygen atoms in total. The second-order valence-electron chi connectivity index (χ2n) is 2.13. The fraction of sp³-hybridized carbons (Fsp3) is 0.250. The lowest BCUT2D eigenvalue weighted by atomic mass is 10.2. The van der Waals surface area contributed by atoms with Crippen LogP contribution in [-0.4, -0.2) is 0 Å². The van der Waals surface area contributed by atoms with Crippen molar-refractivity contribution in [2.24, 2.45) is 5.73 Å². The van der Waals surface area contributed by atoms with E-state index >= 15 is 0 Å². The van der Waals surface area contributed by atoms with Gasteiger partial charge in [-0.1, -0.05) is 6.08 Å². The van der Waals surface area contributed by atoms with Crippen LogP contribution in [0.3, 0.4) is 0 Å². The number of thiophene rings is 1. The lowest BCUT2D eigenvalue weighted by molar-refractivity contribution is 1.47. The van der Waals surface area contributed by atoms with Crippen LogP contribution in [0.5, 0.6) is 0 Å². The van der Waals surface area contributed by atoms with Gasteiger partial charge in [0.1, 0.15) is 0 Å². The number of nitrogens with two attached hydrogens (primary N) is 1. The van der Waals surface area contributed by atoms with E-state index in [1.54, 1.807) is 11.3 Å². The van der Waals surface area contributed by atoms with E-state index in [4.69, 9.17) is 5.73 Å². The second-order valence-corrected chi connectivity index (χ2v) is 3.25. The zero-order valence-electron chi connectivity index (χ0n) is 6.22. The van der Waals surface area contributed by atoms with Crippen molar-refractivity contribution in [3.05, 3.63) is 28.0 Å². The first-order valence-electron chi connectivity index (χ1n) is 3.22. The predicted molar refractivity (Wildman–Crippen MR) is 46.9 cm³/mol. The maximum absolute atomic E-state index is 5.71. The molecule has 0 atom stereocenters. The van der Waals surface area contributed by atoms with Crippen molar-refractivity contribution in [3.63, 3.8) is 0 Å². The average Bonchev–Trinajstić information content (AvgIpc) is 2.34. The lowest BCUT2D eigenvalue weighted by Gasteiger charge is -1.96. The minimum atomic E-state index is 0.874. The van der Waals surface area contributed by atoms with E-state index in [0.717, 1.165) is 5.70 Å². The molecule has 0 bridgehead atoms. The Morgan fingerprint density at radius 1 is 1.70 bits per heavy atom. The molecule has 0 saturated carbocycles. The third kappa shape index (κ3) is 1.21. The molecule has 1 heterocycles.